The zero-order chi connectivity index (χ0) is 15.3. The zero-order valence-corrected chi connectivity index (χ0v) is 13.8. The van der Waals surface area contributed by atoms with E-state index in [0.717, 1.165) is 23.5 Å². The van der Waals surface area contributed by atoms with Gasteiger partial charge in [0.1, 0.15) is 5.54 Å². The van der Waals surface area contributed by atoms with E-state index in [9.17, 15) is 14.7 Å². The highest BCUT2D eigenvalue weighted by Crippen LogP contribution is 2.34. The SMILES string of the molecule is CCC1CCC(NC(=O)CSc2cccs2)(C(=O)O)CC1. The minimum atomic E-state index is -1.06. The Morgan fingerprint density at radius 3 is 2.71 bits per heavy atom. The number of hydrogen-bond donors (Lipinski definition) is 2. The van der Waals surface area contributed by atoms with Gasteiger partial charge in [0.15, 0.2) is 0 Å². The van der Waals surface area contributed by atoms with Crippen LogP contribution in [0.15, 0.2) is 21.7 Å². The van der Waals surface area contributed by atoms with Gasteiger partial charge in [-0.2, -0.15) is 0 Å². The molecule has 1 fully saturated rings. The van der Waals surface area contributed by atoms with Gasteiger partial charge in [0, 0.05) is 0 Å². The number of thioether (sulfide) groups is 1. The van der Waals surface area contributed by atoms with E-state index in [2.05, 4.69) is 12.2 Å². The van der Waals surface area contributed by atoms with Gasteiger partial charge in [-0.05, 0) is 43.0 Å². The molecule has 1 aliphatic carbocycles. The van der Waals surface area contributed by atoms with Crippen molar-refractivity contribution in [2.24, 2.45) is 5.92 Å². The van der Waals surface area contributed by atoms with Gasteiger partial charge in [0.25, 0.3) is 0 Å². The minimum Gasteiger partial charge on any atom is -0.480 e. The first-order chi connectivity index (χ1) is 10.1. The standard InChI is InChI=1S/C15H21NO3S2/c1-2-11-5-7-15(8-6-11,14(18)19)16-12(17)10-21-13-4-3-9-20-13/h3-4,9,11H,2,5-8,10H2,1H3,(H,16,17)(H,18,19). The second-order valence-corrected chi connectivity index (χ2v) is 7.73. The highest BCUT2D eigenvalue weighted by Gasteiger charge is 2.42. The molecule has 0 spiro atoms. The number of rotatable bonds is 6. The number of carboxylic acid groups (broad SMARTS) is 1. The topological polar surface area (TPSA) is 66.4 Å². The number of nitrogens with one attached hydrogen (secondary N) is 1. The molecule has 1 amide bonds. The molecular weight excluding hydrogens is 306 g/mol. The Balaban J connectivity index is 1.90. The van der Waals surface area contributed by atoms with Crippen LogP contribution in [0.25, 0.3) is 0 Å². The maximum Gasteiger partial charge on any atom is 0.329 e. The fourth-order valence-electron chi connectivity index (χ4n) is 2.76. The molecule has 0 saturated heterocycles. The van der Waals surface area contributed by atoms with Gasteiger partial charge in [-0.25, -0.2) is 4.79 Å². The largest absolute Gasteiger partial charge is 0.480 e. The lowest BCUT2D eigenvalue weighted by Crippen LogP contribution is -2.56. The molecule has 1 saturated carbocycles. The molecule has 2 rings (SSSR count). The second-order valence-electron chi connectivity index (χ2n) is 5.51. The zero-order valence-electron chi connectivity index (χ0n) is 12.1. The summed E-state index contributed by atoms with van der Waals surface area (Å²) in [4.78, 5) is 23.7. The Kier molecular flexibility index (Phi) is 5.70. The number of thiophene rings is 1. The van der Waals surface area contributed by atoms with Crippen LogP contribution in [0.1, 0.15) is 39.0 Å². The van der Waals surface area contributed by atoms with Crippen LogP contribution < -0.4 is 5.32 Å². The molecule has 0 aromatic carbocycles. The van der Waals surface area contributed by atoms with E-state index >= 15 is 0 Å². The van der Waals surface area contributed by atoms with Crippen molar-refractivity contribution in [3.63, 3.8) is 0 Å². The van der Waals surface area contributed by atoms with Crippen molar-refractivity contribution in [1.82, 2.24) is 5.32 Å². The van der Waals surface area contributed by atoms with E-state index in [1.165, 1.54) is 11.8 Å². The van der Waals surface area contributed by atoms with Crippen LogP contribution in [0.3, 0.4) is 0 Å². The summed E-state index contributed by atoms with van der Waals surface area (Å²) in [5, 5.41) is 14.3. The van der Waals surface area contributed by atoms with E-state index in [-0.39, 0.29) is 11.7 Å². The molecular formula is C15H21NO3S2. The number of aliphatic carboxylic acids is 1. The molecule has 1 aromatic rings. The molecule has 0 bridgehead atoms. The molecule has 4 nitrogen and oxygen atoms in total. The summed E-state index contributed by atoms with van der Waals surface area (Å²) in [7, 11) is 0. The molecule has 0 aliphatic heterocycles. The fourth-order valence-corrected chi connectivity index (χ4v) is 4.34. The third kappa shape index (κ3) is 4.23. The first kappa shape index (κ1) is 16.4. The Hall–Kier alpha value is -1.01. The fraction of sp³-hybridized carbons (Fsp3) is 0.600. The van der Waals surface area contributed by atoms with Crippen molar-refractivity contribution in [1.29, 1.82) is 0 Å². The smallest absolute Gasteiger partial charge is 0.329 e. The predicted molar refractivity (Wildman–Crippen MR) is 85.8 cm³/mol. The van der Waals surface area contributed by atoms with E-state index in [4.69, 9.17) is 0 Å². The third-order valence-corrected chi connectivity index (χ3v) is 6.30. The highest BCUT2D eigenvalue weighted by molar-refractivity contribution is 8.01. The average molecular weight is 327 g/mol. The normalized spacial score (nSPS) is 25.5. The minimum absolute atomic E-state index is 0.189. The van der Waals surface area contributed by atoms with E-state index < -0.39 is 11.5 Å². The lowest BCUT2D eigenvalue weighted by molar-refractivity contribution is -0.149. The maximum absolute atomic E-state index is 12.1. The molecule has 1 aromatic heterocycles. The Morgan fingerprint density at radius 1 is 1.48 bits per heavy atom. The molecule has 1 aliphatic rings. The number of carbonyl (C=O) groups is 2. The van der Waals surface area contributed by atoms with E-state index in [1.54, 1.807) is 11.3 Å². The molecule has 0 atom stereocenters. The summed E-state index contributed by atoms with van der Waals surface area (Å²) in [6.07, 6.45) is 3.91. The maximum atomic E-state index is 12.1. The van der Waals surface area contributed by atoms with Gasteiger partial charge >= 0.3 is 5.97 Å². The van der Waals surface area contributed by atoms with Crippen LogP contribution >= 0.6 is 23.1 Å². The van der Waals surface area contributed by atoms with E-state index in [1.807, 2.05) is 17.5 Å². The Morgan fingerprint density at radius 2 is 2.19 bits per heavy atom. The lowest BCUT2D eigenvalue weighted by Gasteiger charge is -2.37. The van der Waals surface area contributed by atoms with Gasteiger partial charge in [-0.1, -0.05) is 19.4 Å². The van der Waals surface area contributed by atoms with Gasteiger partial charge in [0.05, 0.1) is 9.96 Å². The first-order valence-electron chi connectivity index (χ1n) is 7.26. The van der Waals surface area contributed by atoms with Gasteiger partial charge in [-0.15, -0.1) is 23.1 Å². The summed E-state index contributed by atoms with van der Waals surface area (Å²) in [6, 6.07) is 3.90. The first-order valence-corrected chi connectivity index (χ1v) is 9.13. The second kappa shape index (κ2) is 7.31. The Bertz CT molecular complexity index is 479. The number of hydrogen-bond acceptors (Lipinski definition) is 4. The van der Waals surface area contributed by atoms with Crippen molar-refractivity contribution < 1.29 is 14.7 Å². The third-order valence-electron chi connectivity index (χ3n) is 4.16. The van der Waals surface area contributed by atoms with Crippen LogP contribution in [0, 0.1) is 5.92 Å². The van der Waals surface area contributed by atoms with Crippen LogP contribution in [0.5, 0.6) is 0 Å². The summed E-state index contributed by atoms with van der Waals surface area (Å²) in [5.74, 6) is -0.223. The van der Waals surface area contributed by atoms with Gasteiger partial charge < -0.3 is 10.4 Å². The molecule has 0 radical (unpaired) electrons. The number of carbonyl (C=O) groups excluding carboxylic acids is 1. The number of amides is 1. The van der Waals surface area contributed by atoms with Crippen molar-refractivity contribution in [3.05, 3.63) is 17.5 Å². The van der Waals surface area contributed by atoms with Crippen molar-refractivity contribution in [3.8, 4) is 0 Å². The van der Waals surface area contributed by atoms with Crippen molar-refractivity contribution >= 4 is 35.0 Å². The van der Waals surface area contributed by atoms with E-state index in [0.29, 0.717) is 18.8 Å². The van der Waals surface area contributed by atoms with Gasteiger partial charge in [0.2, 0.25) is 5.91 Å². The van der Waals surface area contributed by atoms with Crippen LogP contribution in [-0.4, -0.2) is 28.3 Å². The van der Waals surface area contributed by atoms with Crippen LogP contribution in [-0.2, 0) is 9.59 Å². The molecule has 21 heavy (non-hydrogen) atoms. The number of carboxylic acids is 1. The lowest BCUT2D eigenvalue weighted by atomic mass is 9.75. The molecule has 116 valence electrons. The quantitative estimate of drug-likeness (QED) is 0.786. The van der Waals surface area contributed by atoms with Crippen LogP contribution in [0.2, 0.25) is 0 Å². The Labute approximate surface area is 133 Å². The van der Waals surface area contributed by atoms with Gasteiger partial charge in [-0.3, -0.25) is 4.79 Å². The predicted octanol–water partition coefficient (Wildman–Crippen LogP) is 3.38. The summed E-state index contributed by atoms with van der Waals surface area (Å²) >= 11 is 3.04. The molecule has 0 unspecified atom stereocenters. The summed E-state index contributed by atoms with van der Waals surface area (Å²) in [5.41, 5.74) is -1.06. The molecule has 2 N–H and O–H groups in total. The van der Waals surface area contributed by atoms with Crippen molar-refractivity contribution in [2.75, 3.05) is 5.75 Å². The monoisotopic (exact) mass is 327 g/mol. The summed E-state index contributed by atoms with van der Waals surface area (Å²) in [6.45, 7) is 2.13. The molecule has 1 heterocycles. The average Bonchev–Trinajstić information content (AvgIpc) is 2.99. The van der Waals surface area contributed by atoms with Crippen LogP contribution in [0.4, 0.5) is 0 Å². The summed E-state index contributed by atoms with van der Waals surface area (Å²) < 4.78 is 1.07. The molecule has 6 heteroatoms. The van der Waals surface area contributed by atoms with Crippen molar-refractivity contribution in [2.45, 2.75) is 48.8 Å². The highest BCUT2D eigenvalue weighted by atomic mass is 32.2.